The van der Waals surface area contributed by atoms with Crippen LogP contribution in [0.4, 0.5) is 23.8 Å². The number of anilines is 1. The number of aryl methyl sites for hydroxylation is 1. The highest BCUT2D eigenvalue weighted by Gasteiger charge is 2.47. The van der Waals surface area contributed by atoms with Crippen molar-refractivity contribution in [1.82, 2.24) is 24.2 Å². The van der Waals surface area contributed by atoms with E-state index >= 15 is 0 Å². The zero-order valence-corrected chi connectivity index (χ0v) is 26.1. The number of aromatic nitrogens is 4. The second-order valence-corrected chi connectivity index (χ2v) is 12.2. The monoisotopic (exact) mass is 660 g/mol. The fourth-order valence-electron chi connectivity index (χ4n) is 4.39. The summed E-state index contributed by atoms with van der Waals surface area (Å²) in [4.78, 5) is 53.0. The van der Waals surface area contributed by atoms with Gasteiger partial charge in [0.2, 0.25) is 0 Å². The van der Waals surface area contributed by atoms with Crippen molar-refractivity contribution in [3.8, 4) is 11.1 Å². The summed E-state index contributed by atoms with van der Waals surface area (Å²) >= 11 is 0. The number of nitrogens with zero attached hydrogens (tertiary/aromatic N) is 5. The molecule has 2 aromatic heterocycles. The van der Waals surface area contributed by atoms with E-state index in [1.807, 2.05) is 6.92 Å². The van der Waals surface area contributed by atoms with Crippen molar-refractivity contribution in [3.63, 3.8) is 0 Å². The second-order valence-electron chi connectivity index (χ2n) is 10.5. The molecular formula is C30H31F3N6O6S. The van der Waals surface area contributed by atoms with E-state index in [2.05, 4.69) is 15.0 Å². The summed E-state index contributed by atoms with van der Waals surface area (Å²) in [7, 11) is -4.46. The first-order chi connectivity index (χ1) is 21.6. The van der Waals surface area contributed by atoms with Gasteiger partial charge in [-0.25, -0.2) is 24.5 Å². The first-order valence-electron chi connectivity index (χ1n) is 14.2. The molecule has 0 saturated carbocycles. The molecule has 2 aromatic carbocycles. The number of carbonyl (C=O) groups excluding carboxylic acids is 2. The number of amides is 2. The van der Waals surface area contributed by atoms with Crippen LogP contribution < -0.4 is 15.2 Å². The smallest absolute Gasteiger partial charge is 0.446 e. The molecule has 0 aliphatic heterocycles. The van der Waals surface area contributed by atoms with Gasteiger partial charge in [0.15, 0.2) is 17.0 Å². The van der Waals surface area contributed by atoms with E-state index in [4.69, 9.17) is 4.74 Å². The molecule has 0 aliphatic carbocycles. The molecule has 2 amide bonds. The van der Waals surface area contributed by atoms with Gasteiger partial charge in [-0.1, -0.05) is 55.8 Å². The molecule has 244 valence electrons. The van der Waals surface area contributed by atoms with E-state index in [1.54, 1.807) is 44.2 Å². The lowest BCUT2D eigenvalue weighted by molar-refractivity contribution is -0.0446. The number of hydrogen-bond acceptors (Lipinski definition) is 9. The summed E-state index contributed by atoms with van der Waals surface area (Å²) in [6, 6.07) is 12.1. The Labute approximate surface area is 262 Å². The molecule has 46 heavy (non-hydrogen) atoms. The Morgan fingerprint density at radius 3 is 2.37 bits per heavy atom. The van der Waals surface area contributed by atoms with Crippen molar-refractivity contribution in [2.45, 2.75) is 58.2 Å². The molecule has 0 spiro atoms. The number of sulfonamides is 1. The van der Waals surface area contributed by atoms with Crippen LogP contribution in [0.1, 0.15) is 55.4 Å². The number of unbranched alkanes of at least 4 members (excludes halogenated alkanes) is 1. The minimum atomic E-state index is -5.91. The Bertz CT molecular complexity index is 1930. The fourth-order valence-corrected chi connectivity index (χ4v) is 4.86. The first kappa shape index (κ1) is 34.0. The lowest BCUT2D eigenvalue weighted by atomic mass is 9.98. The Kier molecular flexibility index (Phi) is 10.1. The molecule has 0 bridgehead atoms. The Morgan fingerprint density at radius 2 is 1.74 bits per heavy atom. The summed E-state index contributed by atoms with van der Waals surface area (Å²) in [6.07, 6.45) is 2.36. The lowest BCUT2D eigenvalue weighted by Crippen LogP contribution is -2.40. The maximum absolute atomic E-state index is 13.7. The van der Waals surface area contributed by atoms with E-state index < -0.39 is 33.1 Å². The van der Waals surface area contributed by atoms with Crippen LogP contribution in [0, 0.1) is 0 Å². The van der Waals surface area contributed by atoms with Crippen LogP contribution >= 0.6 is 0 Å². The minimum Gasteiger partial charge on any atom is -0.446 e. The van der Waals surface area contributed by atoms with Gasteiger partial charge in [0.25, 0.3) is 11.5 Å². The van der Waals surface area contributed by atoms with Crippen LogP contribution in [-0.2, 0) is 27.7 Å². The van der Waals surface area contributed by atoms with Crippen LogP contribution in [0.25, 0.3) is 22.3 Å². The molecule has 0 aliphatic rings. The largest absolute Gasteiger partial charge is 0.516 e. The molecule has 4 rings (SSSR count). The van der Waals surface area contributed by atoms with Gasteiger partial charge in [-0.3, -0.25) is 19.1 Å². The summed E-state index contributed by atoms with van der Waals surface area (Å²) in [5, 5.41) is 0. The van der Waals surface area contributed by atoms with Gasteiger partial charge in [-0.2, -0.15) is 21.6 Å². The van der Waals surface area contributed by atoms with Crippen LogP contribution in [-0.4, -0.2) is 58.6 Å². The third kappa shape index (κ3) is 7.50. The number of rotatable bonds is 10. The molecule has 0 unspecified atom stereocenters. The number of nitrogens with one attached hydrogen (secondary N) is 1. The van der Waals surface area contributed by atoms with E-state index in [1.165, 1.54) is 36.0 Å². The van der Waals surface area contributed by atoms with Gasteiger partial charge >= 0.3 is 21.6 Å². The standard InChI is InChI=1S/C30H31F3N6O6S/c1-5-6-11-23-36-26-25(35-24(16-34-26)38(4)29(42)45-18(2)3)28(41)39(23)17-19-12-14-20(15-13-19)21-9-7-8-10-22(21)27(40)37-46(43,44)30(31,32)33/h7-10,12-16,18H,5-6,11,17H2,1-4H3,(H,37,40). The Balaban J connectivity index is 1.68. The highest BCUT2D eigenvalue weighted by Crippen LogP contribution is 2.27. The maximum atomic E-state index is 13.7. The summed E-state index contributed by atoms with van der Waals surface area (Å²) in [6.45, 7) is 5.47. The molecule has 4 aromatic rings. The Morgan fingerprint density at radius 1 is 1.07 bits per heavy atom. The summed E-state index contributed by atoms with van der Waals surface area (Å²) in [5.41, 5.74) is -5.08. The molecule has 12 nitrogen and oxygen atoms in total. The molecule has 0 atom stereocenters. The van der Waals surface area contributed by atoms with Gasteiger partial charge in [-0.15, -0.1) is 0 Å². The summed E-state index contributed by atoms with van der Waals surface area (Å²) in [5.74, 6) is -0.860. The van der Waals surface area contributed by atoms with Gasteiger partial charge in [0.05, 0.1) is 18.8 Å². The number of carbonyl (C=O) groups is 2. The fraction of sp³-hybridized carbons (Fsp3) is 0.333. The highest BCUT2D eigenvalue weighted by atomic mass is 32.2. The van der Waals surface area contributed by atoms with Crippen molar-refractivity contribution in [2.24, 2.45) is 0 Å². The minimum absolute atomic E-state index is 0.0488. The molecule has 1 N–H and O–H groups in total. The van der Waals surface area contributed by atoms with Crippen LogP contribution in [0.15, 0.2) is 59.5 Å². The maximum Gasteiger partial charge on any atom is 0.516 e. The third-order valence-electron chi connectivity index (χ3n) is 6.75. The third-order valence-corrected chi connectivity index (χ3v) is 7.82. The van der Waals surface area contributed by atoms with E-state index in [9.17, 15) is 36.0 Å². The number of ether oxygens (including phenoxy) is 1. The van der Waals surface area contributed by atoms with E-state index in [-0.39, 0.29) is 40.8 Å². The molecule has 0 saturated heterocycles. The zero-order chi connectivity index (χ0) is 33.8. The van der Waals surface area contributed by atoms with Crippen molar-refractivity contribution >= 4 is 39.0 Å². The zero-order valence-electron chi connectivity index (χ0n) is 25.3. The number of alkyl halides is 3. The van der Waals surface area contributed by atoms with Crippen LogP contribution in [0.5, 0.6) is 0 Å². The van der Waals surface area contributed by atoms with Gasteiger partial charge in [-0.05, 0) is 43.0 Å². The van der Waals surface area contributed by atoms with Crippen molar-refractivity contribution in [1.29, 1.82) is 0 Å². The van der Waals surface area contributed by atoms with Gasteiger partial charge in [0, 0.05) is 19.0 Å². The molecule has 2 heterocycles. The second kappa shape index (κ2) is 13.6. The van der Waals surface area contributed by atoms with Crippen molar-refractivity contribution in [2.75, 3.05) is 11.9 Å². The molecular weight excluding hydrogens is 629 g/mol. The SMILES string of the molecule is CCCCc1nc2ncc(N(C)C(=O)OC(C)C)nc2c(=O)n1Cc1ccc(-c2ccccc2C(=O)NS(=O)(=O)C(F)(F)F)cc1. The number of benzene rings is 2. The normalized spacial score (nSPS) is 11.9. The average molecular weight is 661 g/mol. The van der Waals surface area contributed by atoms with Crippen molar-refractivity contribution in [3.05, 3.63) is 82.0 Å². The molecule has 16 heteroatoms. The number of halogens is 3. The van der Waals surface area contributed by atoms with Crippen LogP contribution in [0.3, 0.4) is 0 Å². The predicted octanol–water partition coefficient (Wildman–Crippen LogP) is 4.81. The first-order valence-corrected chi connectivity index (χ1v) is 15.6. The van der Waals surface area contributed by atoms with Gasteiger partial charge < -0.3 is 4.74 Å². The predicted molar refractivity (Wildman–Crippen MR) is 164 cm³/mol. The number of hydrogen-bond donors (Lipinski definition) is 1. The molecule has 0 fully saturated rings. The average Bonchev–Trinajstić information content (AvgIpc) is 3.00. The Hall–Kier alpha value is -4.86. The lowest BCUT2D eigenvalue weighted by Gasteiger charge is -2.18. The topological polar surface area (TPSA) is 153 Å². The van der Waals surface area contributed by atoms with E-state index in [0.29, 0.717) is 23.4 Å². The van der Waals surface area contributed by atoms with Crippen LogP contribution in [0.2, 0.25) is 0 Å². The van der Waals surface area contributed by atoms with Gasteiger partial charge in [0.1, 0.15) is 5.82 Å². The quantitative estimate of drug-likeness (QED) is 0.253. The van der Waals surface area contributed by atoms with Crippen molar-refractivity contribution < 1.29 is 35.9 Å². The highest BCUT2D eigenvalue weighted by molar-refractivity contribution is 7.90. The van der Waals surface area contributed by atoms with E-state index in [0.717, 1.165) is 22.5 Å². The number of fused-ring (bicyclic) bond motifs is 1. The molecule has 0 radical (unpaired) electrons. The summed E-state index contributed by atoms with van der Waals surface area (Å²) < 4.78 is 69.2.